The van der Waals surface area contributed by atoms with Gasteiger partial charge in [-0.25, -0.2) is 0 Å². The molecule has 0 spiro atoms. The minimum absolute atomic E-state index is 0.626. The lowest BCUT2D eigenvalue weighted by Crippen LogP contribution is -2.01. The molecule has 0 aliphatic heterocycles. The van der Waals surface area contributed by atoms with Gasteiger partial charge in [0.15, 0.2) is 0 Å². The number of hydrogen-bond acceptors (Lipinski definition) is 2. The molecule has 0 fully saturated rings. The summed E-state index contributed by atoms with van der Waals surface area (Å²) in [6, 6.07) is 6.29. The van der Waals surface area contributed by atoms with E-state index < -0.39 is 0 Å². The molecule has 2 nitrogen and oxygen atoms in total. The maximum atomic E-state index is 5.39. The molecule has 0 heterocycles. The Morgan fingerprint density at radius 2 is 1.45 bits per heavy atom. The predicted octanol–water partition coefficient (Wildman–Crippen LogP) is 5.56. The van der Waals surface area contributed by atoms with Gasteiger partial charge in [0, 0.05) is 6.07 Å². The van der Waals surface area contributed by atoms with E-state index in [4.69, 9.17) is 9.47 Å². The van der Waals surface area contributed by atoms with E-state index >= 15 is 0 Å². The van der Waals surface area contributed by atoms with Crippen molar-refractivity contribution in [3.63, 3.8) is 0 Å². The Labute approximate surface area is 124 Å². The molecule has 0 aliphatic rings. The Kier molecular flexibility index (Phi) is 8.17. The molecule has 0 saturated carbocycles. The van der Waals surface area contributed by atoms with E-state index in [0.29, 0.717) is 5.92 Å². The fourth-order valence-electron chi connectivity index (χ4n) is 2.71. The second kappa shape index (κ2) is 9.68. The average molecular weight is 278 g/mol. The van der Waals surface area contributed by atoms with Gasteiger partial charge in [-0.3, -0.25) is 0 Å². The molecule has 0 N–H and O–H groups in total. The zero-order valence-electron chi connectivity index (χ0n) is 13.6. The van der Waals surface area contributed by atoms with E-state index in [-0.39, 0.29) is 0 Å². The van der Waals surface area contributed by atoms with Crippen LogP contribution in [0.4, 0.5) is 0 Å². The van der Waals surface area contributed by atoms with Gasteiger partial charge in [-0.15, -0.1) is 0 Å². The number of benzene rings is 1. The van der Waals surface area contributed by atoms with Crippen molar-refractivity contribution in [3.05, 3.63) is 23.8 Å². The van der Waals surface area contributed by atoms with Crippen molar-refractivity contribution in [2.24, 2.45) is 0 Å². The average Bonchev–Trinajstić information content (AvgIpc) is 2.49. The minimum atomic E-state index is 0.626. The minimum Gasteiger partial charge on any atom is -0.497 e. The van der Waals surface area contributed by atoms with E-state index in [1.807, 2.05) is 6.07 Å². The summed E-state index contributed by atoms with van der Waals surface area (Å²) in [5.74, 6) is 2.42. The molecular formula is C18H30O2. The molecule has 2 heteroatoms. The highest BCUT2D eigenvalue weighted by Crippen LogP contribution is 2.33. The Balaban J connectivity index is 2.78. The zero-order valence-corrected chi connectivity index (χ0v) is 13.6. The van der Waals surface area contributed by atoms with Crippen LogP contribution in [0.25, 0.3) is 0 Å². The number of rotatable bonds is 10. The highest BCUT2D eigenvalue weighted by Gasteiger charge is 2.13. The van der Waals surface area contributed by atoms with Crippen LogP contribution in [-0.2, 0) is 0 Å². The molecule has 0 radical (unpaired) electrons. The van der Waals surface area contributed by atoms with E-state index in [1.165, 1.54) is 50.5 Å². The van der Waals surface area contributed by atoms with Crippen molar-refractivity contribution in [3.8, 4) is 11.5 Å². The highest BCUT2D eigenvalue weighted by atomic mass is 16.5. The van der Waals surface area contributed by atoms with E-state index in [9.17, 15) is 0 Å². The SMILES string of the molecule is CCCCCCC(CCC)c1cc(OC)cc(OC)c1. The van der Waals surface area contributed by atoms with Crippen LogP contribution < -0.4 is 9.47 Å². The predicted molar refractivity (Wildman–Crippen MR) is 86.0 cm³/mol. The van der Waals surface area contributed by atoms with Gasteiger partial charge in [0.2, 0.25) is 0 Å². The summed E-state index contributed by atoms with van der Waals surface area (Å²) in [4.78, 5) is 0. The first-order valence-electron chi connectivity index (χ1n) is 7.98. The van der Waals surface area contributed by atoms with Gasteiger partial charge in [-0.1, -0.05) is 46.0 Å². The van der Waals surface area contributed by atoms with Gasteiger partial charge in [-0.05, 0) is 36.5 Å². The summed E-state index contributed by atoms with van der Waals surface area (Å²) in [6.07, 6.45) is 9.03. The van der Waals surface area contributed by atoms with Crippen molar-refractivity contribution < 1.29 is 9.47 Å². The van der Waals surface area contributed by atoms with Crippen molar-refractivity contribution in [2.45, 2.75) is 64.7 Å². The molecule has 114 valence electrons. The number of unbranched alkanes of at least 4 members (excludes halogenated alkanes) is 3. The first-order valence-corrected chi connectivity index (χ1v) is 7.98. The molecule has 1 unspecified atom stereocenters. The normalized spacial score (nSPS) is 12.2. The molecule has 1 rings (SSSR count). The topological polar surface area (TPSA) is 18.5 Å². The summed E-state index contributed by atoms with van der Waals surface area (Å²) in [7, 11) is 3.43. The third-order valence-electron chi connectivity index (χ3n) is 3.89. The molecule has 0 aliphatic carbocycles. The van der Waals surface area contributed by atoms with Gasteiger partial charge >= 0.3 is 0 Å². The van der Waals surface area contributed by atoms with Crippen LogP contribution in [0.5, 0.6) is 11.5 Å². The van der Waals surface area contributed by atoms with Gasteiger partial charge in [0.05, 0.1) is 14.2 Å². The molecule has 0 saturated heterocycles. The van der Waals surface area contributed by atoms with E-state index in [0.717, 1.165) is 11.5 Å². The smallest absolute Gasteiger partial charge is 0.122 e. The van der Waals surface area contributed by atoms with E-state index in [1.54, 1.807) is 14.2 Å². The number of hydrogen-bond donors (Lipinski definition) is 0. The molecule has 20 heavy (non-hydrogen) atoms. The third kappa shape index (κ3) is 5.44. The Morgan fingerprint density at radius 3 is 1.95 bits per heavy atom. The molecule has 1 aromatic carbocycles. The van der Waals surface area contributed by atoms with Gasteiger partial charge in [-0.2, -0.15) is 0 Å². The third-order valence-corrected chi connectivity index (χ3v) is 3.89. The first kappa shape index (κ1) is 16.9. The van der Waals surface area contributed by atoms with Crippen LogP contribution in [0, 0.1) is 0 Å². The lowest BCUT2D eigenvalue weighted by atomic mass is 9.89. The molecule has 0 amide bonds. The standard InChI is InChI=1S/C18H30O2/c1-5-7-8-9-11-15(10-6-2)16-12-17(19-3)14-18(13-16)20-4/h12-15H,5-11H2,1-4H3. The molecular weight excluding hydrogens is 248 g/mol. The number of methoxy groups -OCH3 is 2. The fourth-order valence-corrected chi connectivity index (χ4v) is 2.71. The molecule has 0 bridgehead atoms. The second-order valence-electron chi connectivity index (χ2n) is 5.48. The van der Waals surface area contributed by atoms with Crippen molar-refractivity contribution in [2.75, 3.05) is 14.2 Å². The summed E-state index contributed by atoms with van der Waals surface area (Å²) in [5, 5.41) is 0. The zero-order chi connectivity index (χ0) is 14.8. The molecule has 1 aromatic rings. The van der Waals surface area contributed by atoms with Crippen LogP contribution >= 0.6 is 0 Å². The Morgan fingerprint density at radius 1 is 0.800 bits per heavy atom. The van der Waals surface area contributed by atoms with Gasteiger partial charge < -0.3 is 9.47 Å². The van der Waals surface area contributed by atoms with Crippen molar-refractivity contribution in [1.82, 2.24) is 0 Å². The maximum Gasteiger partial charge on any atom is 0.122 e. The summed E-state index contributed by atoms with van der Waals surface area (Å²) >= 11 is 0. The fraction of sp³-hybridized carbons (Fsp3) is 0.667. The van der Waals surface area contributed by atoms with Crippen LogP contribution in [0.2, 0.25) is 0 Å². The Hall–Kier alpha value is -1.18. The van der Waals surface area contributed by atoms with Crippen LogP contribution in [0.15, 0.2) is 18.2 Å². The van der Waals surface area contributed by atoms with Crippen LogP contribution in [-0.4, -0.2) is 14.2 Å². The molecule has 1 atom stereocenters. The van der Waals surface area contributed by atoms with Crippen LogP contribution in [0.3, 0.4) is 0 Å². The lowest BCUT2D eigenvalue weighted by molar-refractivity contribution is 0.391. The first-order chi connectivity index (χ1) is 9.74. The second-order valence-corrected chi connectivity index (χ2v) is 5.48. The van der Waals surface area contributed by atoms with E-state index in [2.05, 4.69) is 26.0 Å². The van der Waals surface area contributed by atoms with Gasteiger partial charge in [0.25, 0.3) is 0 Å². The number of ether oxygens (including phenoxy) is 2. The molecule has 0 aromatic heterocycles. The van der Waals surface area contributed by atoms with Crippen molar-refractivity contribution in [1.29, 1.82) is 0 Å². The highest BCUT2D eigenvalue weighted by molar-refractivity contribution is 5.40. The monoisotopic (exact) mass is 278 g/mol. The summed E-state index contributed by atoms with van der Waals surface area (Å²) < 4.78 is 10.8. The quantitative estimate of drug-likeness (QED) is 0.522. The summed E-state index contributed by atoms with van der Waals surface area (Å²) in [5.41, 5.74) is 1.36. The van der Waals surface area contributed by atoms with Gasteiger partial charge in [0.1, 0.15) is 11.5 Å². The largest absolute Gasteiger partial charge is 0.497 e. The van der Waals surface area contributed by atoms with Crippen LogP contribution in [0.1, 0.15) is 70.3 Å². The summed E-state index contributed by atoms with van der Waals surface area (Å²) in [6.45, 7) is 4.52. The lowest BCUT2D eigenvalue weighted by Gasteiger charge is -2.18. The van der Waals surface area contributed by atoms with Crippen molar-refractivity contribution >= 4 is 0 Å². The maximum absolute atomic E-state index is 5.39. The Bertz CT molecular complexity index is 351.